The zero-order valence-corrected chi connectivity index (χ0v) is 15.9. The Kier molecular flexibility index (Phi) is 4.15. The maximum absolute atomic E-state index is 12.8. The Hall–Kier alpha value is -2.47. The monoisotopic (exact) mass is 367 g/mol. The average Bonchev–Trinajstić information content (AvgIpc) is 3.22. The van der Waals surface area contributed by atoms with Gasteiger partial charge in [-0.15, -0.1) is 11.3 Å². The molecule has 0 fully saturated rings. The van der Waals surface area contributed by atoms with Crippen molar-refractivity contribution in [3.63, 3.8) is 0 Å². The van der Waals surface area contributed by atoms with Gasteiger partial charge >= 0.3 is 0 Å². The molecule has 4 rings (SSSR count). The van der Waals surface area contributed by atoms with Gasteiger partial charge in [-0.1, -0.05) is 18.2 Å². The van der Waals surface area contributed by atoms with E-state index in [2.05, 4.69) is 28.5 Å². The summed E-state index contributed by atoms with van der Waals surface area (Å²) in [6, 6.07) is 6.40. The van der Waals surface area contributed by atoms with Crippen LogP contribution in [0.15, 0.2) is 29.3 Å². The van der Waals surface area contributed by atoms with Crippen LogP contribution >= 0.6 is 11.3 Å². The highest BCUT2D eigenvalue weighted by atomic mass is 32.1. The molecule has 0 saturated carbocycles. The van der Waals surface area contributed by atoms with Gasteiger partial charge in [-0.3, -0.25) is 9.59 Å². The van der Waals surface area contributed by atoms with E-state index in [4.69, 9.17) is 0 Å². The zero-order chi connectivity index (χ0) is 18.4. The van der Waals surface area contributed by atoms with Crippen LogP contribution in [0.3, 0.4) is 0 Å². The summed E-state index contributed by atoms with van der Waals surface area (Å²) in [6.07, 6.45) is 4.98. The highest BCUT2D eigenvalue weighted by Gasteiger charge is 2.21. The Balaban J connectivity index is 1.62. The van der Waals surface area contributed by atoms with Crippen molar-refractivity contribution in [3.05, 3.63) is 62.0 Å². The first-order chi connectivity index (χ1) is 12.5. The van der Waals surface area contributed by atoms with Gasteiger partial charge in [-0.2, -0.15) is 0 Å². The number of hydrogen-bond acceptors (Lipinski definition) is 4. The number of amides is 1. The number of benzene rings is 1. The van der Waals surface area contributed by atoms with E-state index >= 15 is 0 Å². The van der Waals surface area contributed by atoms with Crippen LogP contribution in [0.1, 0.15) is 51.3 Å². The van der Waals surface area contributed by atoms with Crippen LogP contribution in [-0.4, -0.2) is 15.5 Å². The second kappa shape index (κ2) is 6.36. The smallest absolute Gasteiger partial charge is 0.262 e. The summed E-state index contributed by atoms with van der Waals surface area (Å²) in [5, 5.41) is 3.61. The van der Waals surface area contributed by atoms with Crippen molar-refractivity contribution in [2.75, 3.05) is 0 Å². The first-order valence-electron chi connectivity index (χ1n) is 8.83. The van der Waals surface area contributed by atoms with Crippen LogP contribution in [-0.2, 0) is 19.9 Å². The highest BCUT2D eigenvalue weighted by Crippen LogP contribution is 2.28. The van der Waals surface area contributed by atoms with Gasteiger partial charge in [0.05, 0.1) is 22.6 Å². The summed E-state index contributed by atoms with van der Waals surface area (Å²) < 4.78 is 1.44. The number of hydrogen-bond donors (Lipinski definition) is 1. The summed E-state index contributed by atoms with van der Waals surface area (Å²) in [5.41, 5.74) is 4.53. The molecular formula is C20H21N3O2S. The van der Waals surface area contributed by atoms with Gasteiger partial charge in [0.25, 0.3) is 11.5 Å². The second-order valence-electron chi connectivity index (χ2n) is 6.97. The van der Waals surface area contributed by atoms with E-state index in [1.807, 2.05) is 13.8 Å². The lowest BCUT2D eigenvalue weighted by Gasteiger charge is -2.15. The normalized spacial score (nSPS) is 14.4. The molecule has 26 heavy (non-hydrogen) atoms. The third kappa shape index (κ3) is 2.74. The molecule has 0 bridgehead atoms. The first-order valence-corrected chi connectivity index (χ1v) is 9.64. The fraction of sp³-hybridized carbons (Fsp3) is 0.350. The van der Waals surface area contributed by atoms with Gasteiger partial charge in [0.15, 0.2) is 0 Å². The van der Waals surface area contributed by atoms with Crippen molar-refractivity contribution in [1.82, 2.24) is 14.9 Å². The maximum Gasteiger partial charge on any atom is 0.262 e. The van der Waals surface area contributed by atoms with Crippen molar-refractivity contribution in [1.29, 1.82) is 0 Å². The van der Waals surface area contributed by atoms with Gasteiger partial charge < -0.3 is 9.88 Å². The molecular weight excluding hydrogens is 346 g/mol. The second-order valence-corrected chi connectivity index (χ2v) is 7.97. The van der Waals surface area contributed by atoms with E-state index in [9.17, 15) is 9.59 Å². The molecule has 134 valence electrons. The third-order valence-corrected chi connectivity index (χ3v) is 6.39. The summed E-state index contributed by atoms with van der Waals surface area (Å²) in [7, 11) is 1.67. The molecule has 0 unspecified atom stereocenters. The van der Waals surface area contributed by atoms with E-state index in [1.54, 1.807) is 7.05 Å². The van der Waals surface area contributed by atoms with Crippen molar-refractivity contribution in [2.24, 2.45) is 7.05 Å². The molecule has 1 atom stereocenters. The number of carbonyl (C=O) groups excluding carboxylic acids is 1. The minimum absolute atomic E-state index is 0.0891. The van der Waals surface area contributed by atoms with Crippen LogP contribution in [0.2, 0.25) is 0 Å². The van der Waals surface area contributed by atoms with E-state index in [0.29, 0.717) is 20.7 Å². The number of aryl methyl sites for hydroxylation is 4. The number of fused-ring (bicyclic) bond motifs is 2. The molecule has 1 aromatic carbocycles. The number of aromatic nitrogens is 2. The van der Waals surface area contributed by atoms with Crippen LogP contribution < -0.4 is 10.9 Å². The Bertz CT molecular complexity index is 1080. The molecule has 0 radical (unpaired) electrons. The lowest BCUT2D eigenvalue weighted by atomic mass is 10.0. The highest BCUT2D eigenvalue weighted by molar-refractivity contribution is 7.20. The maximum atomic E-state index is 12.8. The van der Waals surface area contributed by atoms with Gasteiger partial charge in [-0.25, -0.2) is 4.98 Å². The predicted octanol–water partition coefficient (Wildman–Crippen LogP) is 3.28. The Labute approximate surface area is 155 Å². The van der Waals surface area contributed by atoms with Crippen LogP contribution in [0.4, 0.5) is 0 Å². The lowest BCUT2D eigenvalue weighted by molar-refractivity contribution is 0.0943. The predicted molar refractivity (Wildman–Crippen MR) is 104 cm³/mol. The minimum Gasteiger partial charge on any atom is -0.345 e. The van der Waals surface area contributed by atoms with Gasteiger partial charge in [0, 0.05) is 7.05 Å². The van der Waals surface area contributed by atoms with Crippen molar-refractivity contribution in [2.45, 2.75) is 39.2 Å². The summed E-state index contributed by atoms with van der Waals surface area (Å²) >= 11 is 1.28. The quantitative estimate of drug-likeness (QED) is 0.773. The molecule has 1 amide bonds. The Morgan fingerprint density at radius 3 is 2.88 bits per heavy atom. The van der Waals surface area contributed by atoms with Gasteiger partial charge in [0.1, 0.15) is 4.83 Å². The third-order valence-electron chi connectivity index (χ3n) is 5.19. The lowest BCUT2D eigenvalue weighted by Crippen LogP contribution is -2.26. The van der Waals surface area contributed by atoms with Crippen LogP contribution in [0, 0.1) is 6.92 Å². The van der Waals surface area contributed by atoms with Gasteiger partial charge in [0.2, 0.25) is 0 Å². The molecule has 6 heteroatoms. The SMILES string of the molecule is Cc1c(C(=O)N[C@@H](C)c2ccc3c(c2)CCC3)sc2ncn(C)c(=O)c12. The van der Waals surface area contributed by atoms with E-state index in [1.165, 1.54) is 39.8 Å². The van der Waals surface area contributed by atoms with E-state index in [0.717, 1.165) is 18.4 Å². The number of thiophene rings is 1. The molecule has 1 aliphatic carbocycles. The fourth-order valence-electron chi connectivity index (χ4n) is 3.63. The van der Waals surface area contributed by atoms with Crippen molar-refractivity contribution >= 4 is 27.5 Å². The minimum atomic E-state index is -0.152. The molecule has 1 N–H and O–H groups in total. The van der Waals surface area contributed by atoms with Crippen molar-refractivity contribution in [3.8, 4) is 0 Å². The summed E-state index contributed by atoms with van der Waals surface area (Å²) in [5.74, 6) is -0.152. The molecule has 2 aromatic heterocycles. The zero-order valence-electron chi connectivity index (χ0n) is 15.1. The Morgan fingerprint density at radius 2 is 2.08 bits per heavy atom. The fourth-order valence-corrected chi connectivity index (χ4v) is 4.67. The number of carbonyl (C=O) groups is 1. The molecule has 1 aliphatic rings. The van der Waals surface area contributed by atoms with Crippen LogP contribution in [0.25, 0.3) is 10.2 Å². The molecule has 0 aliphatic heterocycles. The number of rotatable bonds is 3. The van der Waals surface area contributed by atoms with Crippen LogP contribution in [0.5, 0.6) is 0 Å². The molecule has 2 heterocycles. The summed E-state index contributed by atoms with van der Waals surface area (Å²) in [6.45, 7) is 3.81. The van der Waals surface area contributed by atoms with Crippen molar-refractivity contribution < 1.29 is 4.79 Å². The molecule has 5 nitrogen and oxygen atoms in total. The average molecular weight is 367 g/mol. The first kappa shape index (κ1) is 17.0. The standard InChI is InChI=1S/C20H21N3O2S/c1-11-16-19(21-10-23(3)20(16)25)26-17(11)18(24)22-12(2)14-8-7-13-5-4-6-15(13)9-14/h7-10,12H,4-6H2,1-3H3,(H,22,24)/t12-/m0/s1. The molecule has 0 saturated heterocycles. The molecule has 3 aromatic rings. The van der Waals surface area contributed by atoms with E-state index < -0.39 is 0 Å². The number of nitrogens with zero attached hydrogens (tertiary/aromatic N) is 2. The van der Waals surface area contributed by atoms with E-state index in [-0.39, 0.29) is 17.5 Å². The van der Waals surface area contributed by atoms with Gasteiger partial charge in [-0.05, 0) is 55.4 Å². The number of nitrogens with one attached hydrogen (secondary N) is 1. The molecule has 0 spiro atoms. The largest absolute Gasteiger partial charge is 0.345 e. The topological polar surface area (TPSA) is 64.0 Å². The Morgan fingerprint density at radius 1 is 1.31 bits per heavy atom. The summed E-state index contributed by atoms with van der Waals surface area (Å²) in [4.78, 5) is 30.6.